The van der Waals surface area contributed by atoms with Crippen molar-refractivity contribution >= 4 is 12.2 Å². The maximum absolute atomic E-state index is 12.9. The van der Waals surface area contributed by atoms with Gasteiger partial charge in [0.2, 0.25) is 0 Å². The molecule has 8 nitrogen and oxygen atoms in total. The third-order valence-electron chi connectivity index (χ3n) is 4.35. The molecule has 0 saturated carbocycles. The number of ether oxygens (including phenoxy) is 2. The van der Waals surface area contributed by atoms with Gasteiger partial charge in [0.25, 0.3) is 5.91 Å². The summed E-state index contributed by atoms with van der Waals surface area (Å²) >= 11 is 0. The number of rotatable bonds is 6. The van der Waals surface area contributed by atoms with Gasteiger partial charge in [0, 0.05) is 12.7 Å². The molecule has 27 heavy (non-hydrogen) atoms. The smallest absolute Gasteiger partial charge is 0.256 e. The second-order valence-corrected chi connectivity index (χ2v) is 6.00. The van der Waals surface area contributed by atoms with Crippen LogP contribution in [0.25, 0.3) is 0 Å². The van der Waals surface area contributed by atoms with Gasteiger partial charge in [-0.1, -0.05) is 6.07 Å². The first-order valence-electron chi connectivity index (χ1n) is 8.49. The molecule has 1 aliphatic heterocycles. The largest absolute Gasteiger partial charge is 0.507 e. The molecule has 2 heterocycles. The lowest BCUT2D eigenvalue weighted by atomic mass is 10.1. The van der Waals surface area contributed by atoms with E-state index in [1.807, 2.05) is 0 Å². The van der Waals surface area contributed by atoms with E-state index in [4.69, 9.17) is 9.47 Å². The third-order valence-corrected chi connectivity index (χ3v) is 4.35. The van der Waals surface area contributed by atoms with Gasteiger partial charge < -0.3 is 24.6 Å². The number of aliphatic hydroxyl groups excluding tert-OH is 1. The Morgan fingerprint density at radius 3 is 3.00 bits per heavy atom. The summed E-state index contributed by atoms with van der Waals surface area (Å²) in [7, 11) is 0. The Balaban J connectivity index is 1.77. The molecule has 1 atom stereocenters. The minimum atomic E-state index is -0.389. The molecule has 3 rings (SSSR count). The lowest BCUT2D eigenvalue weighted by Crippen LogP contribution is -2.51. The zero-order chi connectivity index (χ0) is 19.2. The van der Waals surface area contributed by atoms with E-state index in [2.05, 4.69) is 4.98 Å². The predicted molar refractivity (Wildman–Crippen MR) is 94.8 cm³/mol. The highest BCUT2D eigenvalue weighted by atomic mass is 16.5. The SMILES string of the molecule is O=Cc1c(O)cccc1OCC1COCCN1C(=O)c1cccnc1CO. The molecule has 0 radical (unpaired) electrons. The number of aliphatic hydroxyl groups is 1. The first kappa shape index (κ1) is 18.8. The average Bonchev–Trinajstić information content (AvgIpc) is 2.72. The van der Waals surface area contributed by atoms with Crippen molar-refractivity contribution in [1.82, 2.24) is 9.88 Å². The van der Waals surface area contributed by atoms with E-state index >= 15 is 0 Å². The second-order valence-electron chi connectivity index (χ2n) is 6.00. The Labute approximate surface area is 156 Å². The number of aromatic nitrogens is 1. The van der Waals surface area contributed by atoms with Crippen molar-refractivity contribution in [1.29, 1.82) is 0 Å². The number of aromatic hydroxyl groups is 1. The first-order valence-corrected chi connectivity index (χ1v) is 8.49. The lowest BCUT2D eigenvalue weighted by Gasteiger charge is -2.35. The van der Waals surface area contributed by atoms with Gasteiger partial charge in [-0.15, -0.1) is 0 Å². The highest BCUT2D eigenvalue weighted by Gasteiger charge is 2.30. The van der Waals surface area contributed by atoms with Crippen molar-refractivity contribution in [3.63, 3.8) is 0 Å². The van der Waals surface area contributed by atoms with E-state index in [9.17, 15) is 19.8 Å². The number of phenols is 1. The molecule has 8 heteroatoms. The predicted octanol–water partition coefficient (Wildman–Crippen LogP) is 1.01. The molecular formula is C19H20N2O6. The Bertz CT molecular complexity index is 826. The van der Waals surface area contributed by atoms with Gasteiger partial charge >= 0.3 is 0 Å². The number of nitrogens with zero attached hydrogens (tertiary/aromatic N) is 2. The fraction of sp³-hybridized carbons (Fsp3) is 0.316. The molecule has 0 bridgehead atoms. The summed E-state index contributed by atoms with van der Waals surface area (Å²) in [6.07, 6.45) is 2.04. The van der Waals surface area contributed by atoms with Crippen LogP contribution in [0.2, 0.25) is 0 Å². The Hall–Kier alpha value is -2.97. The minimum absolute atomic E-state index is 0.0573. The number of carbonyl (C=O) groups excluding carboxylic acids is 2. The number of phenolic OH excluding ortho intramolecular Hbond substituents is 1. The molecule has 1 saturated heterocycles. The van der Waals surface area contributed by atoms with Gasteiger partial charge in [0.05, 0.1) is 42.7 Å². The van der Waals surface area contributed by atoms with E-state index in [1.165, 1.54) is 12.3 Å². The molecule has 0 spiro atoms. The highest BCUT2D eigenvalue weighted by Crippen LogP contribution is 2.26. The molecule has 1 fully saturated rings. The van der Waals surface area contributed by atoms with E-state index < -0.39 is 0 Å². The summed E-state index contributed by atoms with van der Waals surface area (Å²) in [4.78, 5) is 29.8. The van der Waals surface area contributed by atoms with Crippen LogP contribution in [-0.2, 0) is 11.3 Å². The Morgan fingerprint density at radius 1 is 1.37 bits per heavy atom. The van der Waals surface area contributed by atoms with Crippen molar-refractivity contribution in [2.45, 2.75) is 12.6 Å². The molecule has 1 unspecified atom stereocenters. The molecule has 1 aromatic carbocycles. The summed E-state index contributed by atoms with van der Waals surface area (Å²) in [5.41, 5.74) is 0.699. The van der Waals surface area contributed by atoms with E-state index in [-0.39, 0.29) is 48.8 Å². The van der Waals surface area contributed by atoms with Crippen LogP contribution in [0.3, 0.4) is 0 Å². The zero-order valence-corrected chi connectivity index (χ0v) is 14.6. The number of benzene rings is 1. The van der Waals surface area contributed by atoms with Crippen molar-refractivity contribution in [3.8, 4) is 11.5 Å². The Kier molecular flexibility index (Phi) is 6.00. The molecule has 142 valence electrons. The number of morpholine rings is 1. The number of aldehydes is 1. The van der Waals surface area contributed by atoms with Crippen molar-refractivity contribution < 1.29 is 29.3 Å². The molecule has 2 N–H and O–H groups in total. The van der Waals surface area contributed by atoms with E-state index in [1.54, 1.807) is 29.2 Å². The second kappa shape index (κ2) is 8.61. The summed E-state index contributed by atoms with van der Waals surface area (Å²) in [6, 6.07) is 7.41. The van der Waals surface area contributed by atoms with Crippen molar-refractivity contribution in [2.24, 2.45) is 0 Å². The standard InChI is InChI=1S/C19H20N2O6/c22-9-15-17(24)4-1-5-18(15)27-12-13-11-26-8-7-21(13)19(25)14-3-2-6-20-16(14)10-23/h1-6,9,13,23-24H,7-8,10-12H2. The first-order chi connectivity index (χ1) is 13.2. The summed E-state index contributed by atoms with van der Waals surface area (Å²) in [5.74, 6) is -0.200. The number of hydrogen-bond donors (Lipinski definition) is 2. The lowest BCUT2D eigenvalue weighted by molar-refractivity contribution is -0.0152. The number of hydrogen-bond acceptors (Lipinski definition) is 7. The highest BCUT2D eigenvalue weighted by molar-refractivity contribution is 5.95. The van der Waals surface area contributed by atoms with Gasteiger partial charge in [-0.3, -0.25) is 14.6 Å². The molecular weight excluding hydrogens is 352 g/mol. The monoisotopic (exact) mass is 372 g/mol. The van der Waals surface area contributed by atoms with E-state index in [0.717, 1.165) is 0 Å². The van der Waals surface area contributed by atoms with Crippen LogP contribution in [-0.4, -0.2) is 64.7 Å². The van der Waals surface area contributed by atoms with Gasteiger partial charge in [-0.05, 0) is 24.3 Å². The van der Waals surface area contributed by atoms with Crippen LogP contribution in [0, 0.1) is 0 Å². The normalized spacial score (nSPS) is 16.8. The number of pyridine rings is 1. The van der Waals surface area contributed by atoms with Crippen LogP contribution < -0.4 is 4.74 Å². The minimum Gasteiger partial charge on any atom is -0.507 e. The zero-order valence-electron chi connectivity index (χ0n) is 14.6. The molecule has 1 amide bonds. The summed E-state index contributed by atoms with van der Waals surface area (Å²) in [6.45, 7) is 0.787. The topological polar surface area (TPSA) is 109 Å². The molecule has 0 aliphatic carbocycles. The third kappa shape index (κ3) is 4.07. The van der Waals surface area contributed by atoms with Crippen LogP contribution in [0.15, 0.2) is 36.5 Å². The van der Waals surface area contributed by atoms with Gasteiger partial charge in [0.15, 0.2) is 6.29 Å². The Morgan fingerprint density at radius 2 is 2.22 bits per heavy atom. The fourth-order valence-electron chi connectivity index (χ4n) is 2.94. The number of amides is 1. The van der Waals surface area contributed by atoms with Crippen molar-refractivity contribution in [2.75, 3.05) is 26.4 Å². The van der Waals surface area contributed by atoms with Crippen molar-refractivity contribution in [3.05, 3.63) is 53.3 Å². The number of carbonyl (C=O) groups is 2. The van der Waals surface area contributed by atoms with Gasteiger partial charge in [-0.2, -0.15) is 0 Å². The summed E-state index contributed by atoms with van der Waals surface area (Å²) < 4.78 is 11.2. The summed E-state index contributed by atoms with van der Waals surface area (Å²) in [5, 5.41) is 19.2. The molecule has 1 aliphatic rings. The fourth-order valence-corrected chi connectivity index (χ4v) is 2.94. The molecule has 1 aromatic heterocycles. The quantitative estimate of drug-likeness (QED) is 0.729. The van der Waals surface area contributed by atoms with Gasteiger partial charge in [0.1, 0.15) is 18.1 Å². The molecule has 2 aromatic rings. The van der Waals surface area contributed by atoms with Crippen LogP contribution in [0.1, 0.15) is 26.4 Å². The average molecular weight is 372 g/mol. The van der Waals surface area contributed by atoms with E-state index in [0.29, 0.717) is 30.7 Å². The van der Waals surface area contributed by atoms with Gasteiger partial charge in [-0.25, -0.2) is 0 Å². The van der Waals surface area contributed by atoms with Crippen LogP contribution >= 0.6 is 0 Å². The maximum atomic E-state index is 12.9. The van der Waals surface area contributed by atoms with Crippen LogP contribution in [0.4, 0.5) is 0 Å². The van der Waals surface area contributed by atoms with Crippen LogP contribution in [0.5, 0.6) is 11.5 Å². The maximum Gasteiger partial charge on any atom is 0.256 e.